The molecule has 0 bridgehead atoms. The first-order chi connectivity index (χ1) is 10.1. The normalized spacial score (nSPS) is 12.9. The molecule has 21 heavy (non-hydrogen) atoms. The lowest BCUT2D eigenvalue weighted by Gasteiger charge is -2.12. The lowest BCUT2D eigenvalue weighted by Crippen LogP contribution is -2.21. The summed E-state index contributed by atoms with van der Waals surface area (Å²) >= 11 is 0. The van der Waals surface area contributed by atoms with E-state index in [-0.39, 0.29) is 5.56 Å². The molecular weight excluding hydrogens is 258 g/mol. The van der Waals surface area contributed by atoms with E-state index in [1.807, 2.05) is 76.3 Å². The Hall–Kier alpha value is -2.35. The Morgan fingerprint density at radius 3 is 2.62 bits per heavy atom. The van der Waals surface area contributed by atoms with Crippen LogP contribution in [0.3, 0.4) is 0 Å². The minimum atomic E-state index is 0.0521. The van der Waals surface area contributed by atoms with Gasteiger partial charge in [-0.25, -0.2) is 0 Å². The van der Waals surface area contributed by atoms with Gasteiger partial charge in [0.25, 0.3) is 5.56 Å². The van der Waals surface area contributed by atoms with Gasteiger partial charge in [0.05, 0.1) is 5.39 Å². The lowest BCUT2D eigenvalue weighted by atomic mass is 10.1. The Bertz CT molecular complexity index is 804. The highest BCUT2D eigenvalue weighted by Crippen LogP contribution is 2.17. The molecule has 2 nitrogen and oxygen atoms in total. The van der Waals surface area contributed by atoms with E-state index in [1.54, 1.807) is 4.57 Å². The van der Waals surface area contributed by atoms with Crippen molar-refractivity contribution in [3.8, 4) is 0 Å². The first kappa shape index (κ1) is 15.0. The Balaban J connectivity index is 2.64. The molecule has 0 aliphatic carbocycles. The highest BCUT2D eigenvalue weighted by Gasteiger charge is 2.09. The predicted molar refractivity (Wildman–Crippen MR) is 91.6 cm³/mol. The number of benzene rings is 1. The first-order valence-corrected chi connectivity index (χ1v) is 7.15. The van der Waals surface area contributed by atoms with Crippen LogP contribution in [-0.4, -0.2) is 4.57 Å². The van der Waals surface area contributed by atoms with Crippen LogP contribution in [0.2, 0.25) is 0 Å². The van der Waals surface area contributed by atoms with Gasteiger partial charge in [-0.05, 0) is 50.8 Å². The molecule has 0 atom stereocenters. The molecule has 0 unspecified atom stereocenters. The number of allylic oxidation sites excluding steroid dienone is 6. The second-order valence-electron chi connectivity index (χ2n) is 5.18. The van der Waals surface area contributed by atoms with Crippen molar-refractivity contribution in [1.82, 2.24) is 4.57 Å². The number of nitrogens with zero attached hydrogens (tertiary/aromatic N) is 1. The number of fused-ring (bicyclic) bond motifs is 1. The summed E-state index contributed by atoms with van der Waals surface area (Å²) in [7, 11) is 0. The zero-order valence-corrected chi connectivity index (χ0v) is 13.1. The topological polar surface area (TPSA) is 22.0 Å². The fourth-order valence-corrected chi connectivity index (χ4v) is 2.55. The van der Waals surface area contributed by atoms with Gasteiger partial charge >= 0.3 is 0 Å². The van der Waals surface area contributed by atoms with Crippen molar-refractivity contribution in [2.24, 2.45) is 0 Å². The summed E-state index contributed by atoms with van der Waals surface area (Å²) in [5.74, 6) is 0. The predicted octanol–water partition coefficient (Wildman–Crippen LogP) is 4.61. The van der Waals surface area contributed by atoms with Crippen LogP contribution < -0.4 is 5.56 Å². The molecule has 2 heteroatoms. The number of hydrogen-bond donors (Lipinski definition) is 0. The summed E-state index contributed by atoms with van der Waals surface area (Å²) < 4.78 is 1.77. The highest BCUT2D eigenvalue weighted by atomic mass is 16.1. The summed E-state index contributed by atoms with van der Waals surface area (Å²) in [4.78, 5) is 12.8. The molecule has 0 aliphatic rings. The van der Waals surface area contributed by atoms with Gasteiger partial charge in [0.15, 0.2) is 0 Å². The van der Waals surface area contributed by atoms with E-state index in [9.17, 15) is 4.79 Å². The molecule has 1 aromatic carbocycles. The third-order valence-electron chi connectivity index (χ3n) is 3.54. The maximum atomic E-state index is 12.8. The van der Waals surface area contributed by atoms with Gasteiger partial charge in [-0.1, -0.05) is 42.5 Å². The number of hydrogen-bond acceptors (Lipinski definition) is 1. The Kier molecular flexibility index (Phi) is 4.59. The zero-order valence-electron chi connectivity index (χ0n) is 13.1. The molecule has 0 fully saturated rings. The average molecular weight is 279 g/mol. The minimum absolute atomic E-state index is 0.0521. The monoisotopic (exact) mass is 279 g/mol. The zero-order chi connectivity index (χ0) is 15.4. The molecule has 1 heterocycles. The number of aryl methyl sites for hydroxylation is 2. The number of rotatable bonds is 3. The quantitative estimate of drug-likeness (QED) is 0.752. The fraction of sp³-hybridized carbons (Fsp3) is 0.211. The van der Waals surface area contributed by atoms with Crippen LogP contribution in [0.4, 0.5) is 0 Å². The Morgan fingerprint density at radius 2 is 1.90 bits per heavy atom. The minimum Gasteiger partial charge on any atom is -0.285 e. The van der Waals surface area contributed by atoms with Crippen LogP contribution in [0, 0.1) is 13.8 Å². The van der Waals surface area contributed by atoms with Crippen LogP contribution in [0.5, 0.6) is 0 Å². The van der Waals surface area contributed by atoms with Crippen LogP contribution in [0.15, 0.2) is 59.4 Å². The van der Waals surface area contributed by atoms with Crippen molar-refractivity contribution in [3.05, 3.63) is 76.3 Å². The van der Waals surface area contributed by atoms with Gasteiger partial charge in [-0.3, -0.25) is 9.36 Å². The number of aromatic nitrogens is 1. The molecule has 2 rings (SSSR count). The van der Waals surface area contributed by atoms with E-state index < -0.39 is 0 Å². The molecule has 2 aromatic rings. The van der Waals surface area contributed by atoms with Gasteiger partial charge in [0.2, 0.25) is 0 Å². The molecule has 0 amide bonds. The number of pyridine rings is 1. The fourth-order valence-electron chi connectivity index (χ4n) is 2.55. The van der Waals surface area contributed by atoms with Crippen LogP contribution >= 0.6 is 0 Å². The summed E-state index contributed by atoms with van der Waals surface area (Å²) in [6, 6.07) is 8.03. The van der Waals surface area contributed by atoms with E-state index in [1.165, 1.54) is 0 Å². The maximum Gasteiger partial charge on any atom is 0.263 e. The standard InChI is InChI=1S/C19H21NO/c1-5-6-7-8-11-15(3)20-16(4)13-17-12-9-10-14(2)18(17)19(20)21/h5-13H,1-4H3/b6-5+,8-7-,15-11+. The Morgan fingerprint density at radius 1 is 1.14 bits per heavy atom. The summed E-state index contributed by atoms with van der Waals surface area (Å²) in [5, 5.41) is 1.80. The average Bonchev–Trinajstić information content (AvgIpc) is 2.43. The largest absolute Gasteiger partial charge is 0.285 e. The van der Waals surface area contributed by atoms with Gasteiger partial charge < -0.3 is 0 Å². The molecule has 0 radical (unpaired) electrons. The second-order valence-corrected chi connectivity index (χ2v) is 5.18. The van der Waals surface area contributed by atoms with E-state index in [0.29, 0.717) is 0 Å². The SMILES string of the molecule is C/C=C/C=C\C=C(/C)n1c(C)cc2cccc(C)c2c1=O. The molecular formula is C19H21NO. The molecule has 1 aromatic heterocycles. The van der Waals surface area contributed by atoms with Crippen molar-refractivity contribution in [1.29, 1.82) is 0 Å². The second kappa shape index (κ2) is 6.40. The van der Waals surface area contributed by atoms with Gasteiger partial charge in [-0.2, -0.15) is 0 Å². The molecule has 0 aliphatic heterocycles. The van der Waals surface area contributed by atoms with E-state index in [0.717, 1.165) is 27.7 Å². The van der Waals surface area contributed by atoms with Gasteiger partial charge in [0.1, 0.15) is 0 Å². The Labute approximate surface area is 125 Å². The van der Waals surface area contributed by atoms with E-state index in [4.69, 9.17) is 0 Å². The van der Waals surface area contributed by atoms with Crippen LogP contribution in [-0.2, 0) is 0 Å². The van der Waals surface area contributed by atoms with Crippen LogP contribution in [0.25, 0.3) is 16.5 Å². The molecule has 0 spiro atoms. The van der Waals surface area contributed by atoms with Gasteiger partial charge in [-0.15, -0.1) is 0 Å². The van der Waals surface area contributed by atoms with Crippen molar-refractivity contribution in [2.45, 2.75) is 27.7 Å². The van der Waals surface area contributed by atoms with Crippen molar-refractivity contribution in [3.63, 3.8) is 0 Å². The summed E-state index contributed by atoms with van der Waals surface area (Å²) in [6.07, 6.45) is 9.79. The smallest absolute Gasteiger partial charge is 0.263 e. The van der Waals surface area contributed by atoms with Crippen molar-refractivity contribution in [2.75, 3.05) is 0 Å². The van der Waals surface area contributed by atoms with Gasteiger partial charge in [0, 0.05) is 11.4 Å². The van der Waals surface area contributed by atoms with Crippen molar-refractivity contribution < 1.29 is 0 Å². The first-order valence-electron chi connectivity index (χ1n) is 7.15. The summed E-state index contributed by atoms with van der Waals surface area (Å²) in [6.45, 7) is 7.88. The highest BCUT2D eigenvalue weighted by molar-refractivity contribution is 5.85. The van der Waals surface area contributed by atoms with E-state index >= 15 is 0 Å². The van der Waals surface area contributed by atoms with E-state index in [2.05, 4.69) is 6.07 Å². The lowest BCUT2D eigenvalue weighted by molar-refractivity contribution is 0.965. The van der Waals surface area contributed by atoms with Crippen molar-refractivity contribution >= 4 is 16.5 Å². The molecule has 0 saturated heterocycles. The molecule has 0 N–H and O–H groups in total. The third-order valence-corrected chi connectivity index (χ3v) is 3.54. The van der Waals surface area contributed by atoms with Crippen LogP contribution in [0.1, 0.15) is 25.1 Å². The summed E-state index contributed by atoms with van der Waals surface area (Å²) in [5.41, 5.74) is 2.94. The maximum absolute atomic E-state index is 12.8. The molecule has 0 saturated carbocycles. The third kappa shape index (κ3) is 3.05. The molecule has 108 valence electrons.